The lowest BCUT2D eigenvalue weighted by Crippen LogP contribution is -2.23. The predicted octanol–water partition coefficient (Wildman–Crippen LogP) is 3.00. The zero-order valence-electron chi connectivity index (χ0n) is 13.0. The van der Waals surface area contributed by atoms with E-state index in [1.165, 1.54) is 6.20 Å². The SMILES string of the molecule is CCN(CC)c1ccc(NC(=O)c2ccc(N)cn2)cn1.Cl.Cl. The normalized spacial score (nSPS) is 9.30. The fraction of sp³-hybridized carbons (Fsp3) is 0.267. The molecule has 0 saturated carbocycles. The number of rotatable bonds is 5. The van der Waals surface area contributed by atoms with Crippen LogP contribution in [0.25, 0.3) is 0 Å². The molecule has 0 spiro atoms. The molecule has 3 N–H and O–H groups in total. The fourth-order valence-corrected chi connectivity index (χ4v) is 1.93. The van der Waals surface area contributed by atoms with Gasteiger partial charge < -0.3 is 16.0 Å². The van der Waals surface area contributed by atoms with Crippen LogP contribution in [0, 0.1) is 0 Å². The molecular formula is C15H21Cl2N5O. The molecule has 0 aliphatic heterocycles. The van der Waals surface area contributed by atoms with Gasteiger partial charge in [-0.1, -0.05) is 0 Å². The summed E-state index contributed by atoms with van der Waals surface area (Å²) in [6.45, 7) is 5.94. The summed E-state index contributed by atoms with van der Waals surface area (Å²) in [6.07, 6.45) is 3.10. The third kappa shape index (κ3) is 5.58. The Bertz CT molecular complexity index is 600. The first-order valence-electron chi connectivity index (χ1n) is 6.88. The number of amides is 1. The van der Waals surface area contributed by atoms with E-state index in [1.54, 1.807) is 18.3 Å². The van der Waals surface area contributed by atoms with Gasteiger partial charge in [0.15, 0.2) is 0 Å². The third-order valence-electron chi connectivity index (χ3n) is 3.11. The summed E-state index contributed by atoms with van der Waals surface area (Å²) in [7, 11) is 0. The zero-order valence-corrected chi connectivity index (χ0v) is 14.7. The lowest BCUT2D eigenvalue weighted by molar-refractivity contribution is 0.102. The second kappa shape index (κ2) is 9.86. The zero-order chi connectivity index (χ0) is 15.2. The van der Waals surface area contributed by atoms with Gasteiger partial charge in [0.05, 0.1) is 23.8 Å². The van der Waals surface area contributed by atoms with E-state index in [4.69, 9.17) is 5.73 Å². The average Bonchev–Trinajstić information content (AvgIpc) is 2.51. The van der Waals surface area contributed by atoms with Crippen molar-refractivity contribution in [1.82, 2.24) is 9.97 Å². The van der Waals surface area contributed by atoms with Crippen molar-refractivity contribution in [2.75, 3.05) is 29.0 Å². The highest BCUT2D eigenvalue weighted by Gasteiger charge is 2.08. The maximum absolute atomic E-state index is 12.0. The van der Waals surface area contributed by atoms with Crippen molar-refractivity contribution >= 4 is 47.9 Å². The average molecular weight is 358 g/mol. The summed E-state index contributed by atoms with van der Waals surface area (Å²) in [5.74, 6) is 0.607. The molecule has 2 aromatic rings. The van der Waals surface area contributed by atoms with Gasteiger partial charge in [0.2, 0.25) is 0 Å². The number of carbonyl (C=O) groups is 1. The van der Waals surface area contributed by atoms with Gasteiger partial charge in [-0.25, -0.2) is 9.97 Å². The number of nitrogens with two attached hydrogens (primary N) is 1. The van der Waals surface area contributed by atoms with Gasteiger partial charge in [-0.2, -0.15) is 0 Å². The molecule has 0 aromatic carbocycles. The van der Waals surface area contributed by atoms with Crippen LogP contribution in [0.4, 0.5) is 17.2 Å². The molecular weight excluding hydrogens is 337 g/mol. The maximum Gasteiger partial charge on any atom is 0.274 e. The van der Waals surface area contributed by atoms with Gasteiger partial charge in [-0.15, -0.1) is 24.8 Å². The molecule has 23 heavy (non-hydrogen) atoms. The molecule has 0 fully saturated rings. The van der Waals surface area contributed by atoms with E-state index in [9.17, 15) is 4.79 Å². The van der Waals surface area contributed by atoms with Gasteiger partial charge in [-0.05, 0) is 38.1 Å². The van der Waals surface area contributed by atoms with E-state index in [-0.39, 0.29) is 30.7 Å². The van der Waals surface area contributed by atoms with Gasteiger partial charge in [0.1, 0.15) is 11.5 Å². The number of nitrogen functional groups attached to an aromatic ring is 1. The number of nitrogens with one attached hydrogen (secondary N) is 1. The molecule has 0 aliphatic rings. The maximum atomic E-state index is 12.0. The minimum Gasteiger partial charge on any atom is -0.397 e. The Hall–Kier alpha value is -2.05. The van der Waals surface area contributed by atoms with Crippen molar-refractivity contribution in [2.24, 2.45) is 0 Å². The van der Waals surface area contributed by atoms with Gasteiger partial charge >= 0.3 is 0 Å². The number of hydrogen-bond donors (Lipinski definition) is 2. The first-order chi connectivity index (χ1) is 10.1. The van der Waals surface area contributed by atoms with E-state index < -0.39 is 0 Å². The second-order valence-corrected chi connectivity index (χ2v) is 4.51. The molecule has 0 radical (unpaired) electrons. The Kier molecular flexibility index (Phi) is 8.98. The lowest BCUT2D eigenvalue weighted by atomic mass is 10.3. The second-order valence-electron chi connectivity index (χ2n) is 4.51. The van der Waals surface area contributed by atoms with E-state index in [0.29, 0.717) is 17.1 Å². The molecule has 2 rings (SSSR count). The Balaban J connectivity index is 0.00000242. The Morgan fingerprint density at radius 2 is 1.78 bits per heavy atom. The number of aromatic nitrogens is 2. The standard InChI is InChI=1S/C15H19N5O.2ClH/c1-3-20(4-2)14-8-6-12(10-18-14)19-15(21)13-7-5-11(16)9-17-13;;/h5-10H,3-4,16H2,1-2H3,(H,19,21);2*1H. The first kappa shape index (κ1) is 20.9. The molecule has 6 nitrogen and oxygen atoms in total. The molecule has 0 saturated heterocycles. The molecule has 0 aliphatic carbocycles. The van der Waals surface area contributed by atoms with Crippen LogP contribution in [0.5, 0.6) is 0 Å². The largest absolute Gasteiger partial charge is 0.397 e. The van der Waals surface area contributed by atoms with Gasteiger partial charge in [0, 0.05) is 13.1 Å². The summed E-state index contributed by atoms with van der Waals surface area (Å²) in [4.78, 5) is 22.5. The van der Waals surface area contributed by atoms with E-state index >= 15 is 0 Å². The summed E-state index contributed by atoms with van der Waals surface area (Å²) >= 11 is 0. The summed E-state index contributed by atoms with van der Waals surface area (Å²) in [5.41, 5.74) is 7.02. The number of anilines is 3. The molecule has 2 aromatic heterocycles. The Morgan fingerprint density at radius 1 is 1.09 bits per heavy atom. The van der Waals surface area contributed by atoms with E-state index in [0.717, 1.165) is 18.9 Å². The van der Waals surface area contributed by atoms with Crippen LogP contribution in [0.3, 0.4) is 0 Å². The van der Waals surface area contributed by atoms with Crippen LogP contribution in [-0.2, 0) is 0 Å². The number of nitrogens with zero attached hydrogens (tertiary/aromatic N) is 3. The highest BCUT2D eigenvalue weighted by Crippen LogP contribution is 2.14. The molecule has 2 heterocycles. The highest BCUT2D eigenvalue weighted by molar-refractivity contribution is 6.02. The third-order valence-corrected chi connectivity index (χ3v) is 3.11. The van der Waals surface area contributed by atoms with Gasteiger partial charge in [-0.3, -0.25) is 4.79 Å². The predicted molar refractivity (Wildman–Crippen MR) is 98.9 cm³/mol. The van der Waals surface area contributed by atoms with E-state index in [2.05, 4.69) is 34.0 Å². The smallest absolute Gasteiger partial charge is 0.274 e. The number of hydrogen-bond acceptors (Lipinski definition) is 5. The molecule has 126 valence electrons. The monoisotopic (exact) mass is 357 g/mol. The Morgan fingerprint density at radius 3 is 2.26 bits per heavy atom. The van der Waals surface area contributed by atoms with Crippen LogP contribution in [0.15, 0.2) is 36.7 Å². The fourth-order valence-electron chi connectivity index (χ4n) is 1.93. The van der Waals surface area contributed by atoms with E-state index in [1.807, 2.05) is 12.1 Å². The summed E-state index contributed by atoms with van der Waals surface area (Å²) in [6, 6.07) is 6.95. The van der Waals surface area contributed by atoms with Crippen LogP contribution < -0.4 is 16.0 Å². The van der Waals surface area contributed by atoms with Crippen molar-refractivity contribution in [2.45, 2.75) is 13.8 Å². The van der Waals surface area contributed by atoms with Crippen molar-refractivity contribution in [3.63, 3.8) is 0 Å². The minimum atomic E-state index is -0.285. The Labute approximate surface area is 148 Å². The van der Waals surface area contributed by atoms with Crippen molar-refractivity contribution < 1.29 is 4.79 Å². The summed E-state index contributed by atoms with van der Waals surface area (Å²) < 4.78 is 0. The van der Waals surface area contributed by atoms with Crippen LogP contribution in [0.1, 0.15) is 24.3 Å². The molecule has 1 amide bonds. The molecule has 8 heteroatoms. The molecule has 0 unspecified atom stereocenters. The van der Waals surface area contributed by atoms with Crippen LogP contribution in [0.2, 0.25) is 0 Å². The lowest BCUT2D eigenvalue weighted by Gasteiger charge is -2.19. The van der Waals surface area contributed by atoms with Crippen LogP contribution >= 0.6 is 24.8 Å². The molecule has 0 bridgehead atoms. The van der Waals surface area contributed by atoms with Crippen molar-refractivity contribution in [1.29, 1.82) is 0 Å². The summed E-state index contributed by atoms with van der Waals surface area (Å²) in [5, 5.41) is 2.76. The highest BCUT2D eigenvalue weighted by atomic mass is 35.5. The minimum absolute atomic E-state index is 0. The van der Waals surface area contributed by atoms with Crippen molar-refractivity contribution in [3.8, 4) is 0 Å². The number of carbonyl (C=O) groups excluding carboxylic acids is 1. The van der Waals surface area contributed by atoms with Gasteiger partial charge in [0.25, 0.3) is 5.91 Å². The number of pyridine rings is 2. The topological polar surface area (TPSA) is 84.1 Å². The number of halogens is 2. The first-order valence-corrected chi connectivity index (χ1v) is 6.88. The molecule has 0 atom stereocenters. The van der Waals surface area contributed by atoms with Crippen LogP contribution in [-0.4, -0.2) is 29.0 Å². The quantitative estimate of drug-likeness (QED) is 0.858. The van der Waals surface area contributed by atoms with Crippen molar-refractivity contribution in [3.05, 3.63) is 42.4 Å².